The van der Waals surface area contributed by atoms with E-state index in [-0.39, 0.29) is 4.90 Å². The lowest BCUT2D eigenvalue weighted by molar-refractivity contribution is -0.898. The molecule has 3 rings (SSSR count). The van der Waals surface area contributed by atoms with Crippen LogP contribution in [0.2, 0.25) is 0 Å². The van der Waals surface area contributed by atoms with Crippen molar-refractivity contribution in [2.75, 3.05) is 42.3 Å². The van der Waals surface area contributed by atoms with Gasteiger partial charge in [-0.25, -0.2) is 8.42 Å². The van der Waals surface area contributed by atoms with E-state index in [0.717, 1.165) is 38.4 Å². The molecule has 6 nitrogen and oxygen atoms in total. The Hall–Kier alpha value is -2.56. The normalized spacial score (nSPS) is 15.5. The number of sulfonamides is 1. The van der Waals surface area contributed by atoms with Crippen LogP contribution in [0.5, 0.6) is 0 Å². The number of hydrogen-bond acceptors (Lipinski definition) is 4. The quantitative estimate of drug-likeness (QED) is 0.825. The zero-order chi connectivity index (χ0) is 18.6. The highest BCUT2D eigenvalue weighted by Gasteiger charge is 2.19. The van der Waals surface area contributed by atoms with Crippen LogP contribution in [0.1, 0.15) is 12.5 Å². The van der Waals surface area contributed by atoms with E-state index in [2.05, 4.69) is 16.5 Å². The van der Waals surface area contributed by atoms with Crippen LogP contribution in [-0.2, 0) is 10.0 Å². The fraction of sp³-hybridized carbons (Fsp3) is 0.316. The van der Waals surface area contributed by atoms with Gasteiger partial charge >= 0.3 is 0 Å². The van der Waals surface area contributed by atoms with Crippen molar-refractivity contribution in [2.45, 2.75) is 11.8 Å². The van der Waals surface area contributed by atoms with Crippen molar-refractivity contribution in [3.63, 3.8) is 0 Å². The Labute approximate surface area is 154 Å². The minimum absolute atomic E-state index is 0.0827. The Morgan fingerprint density at radius 1 is 1.15 bits per heavy atom. The standard InChI is InChI=1S/C19H22N4O2S/c1-2-22-10-12-23(13-11-22)18-8-6-17(7-9-18)21-26(24,25)19-5-3-4-16(14-19)15-20/h3-9,14,21H,2,10-13H2,1H3/p+1. The number of nitrogens with one attached hydrogen (secondary N) is 2. The fourth-order valence-corrected chi connectivity index (χ4v) is 4.23. The third kappa shape index (κ3) is 4.15. The second kappa shape index (κ2) is 7.77. The number of hydrogen-bond donors (Lipinski definition) is 2. The molecule has 0 spiro atoms. The molecule has 0 atom stereocenters. The largest absolute Gasteiger partial charge is 0.360 e. The number of nitrogens with zero attached hydrogens (tertiary/aromatic N) is 2. The van der Waals surface area contributed by atoms with Crippen molar-refractivity contribution in [1.29, 1.82) is 5.26 Å². The van der Waals surface area contributed by atoms with E-state index in [1.807, 2.05) is 18.2 Å². The van der Waals surface area contributed by atoms with E-state index in [1.165, 1.54) is 12.1 Å². The SMILES string of the molecule is CC[NH+]1CCN(c2ccc(NS(=O)(=O)c3cccc(C#N)c3)cc2)CC1. The second-order valence-electron chi connectivity index (χ2n) is 6.38. The molecule has 7 heteroatoms. The predicted octanol–water partition coefficient (Wildman–Crippen LogP) is 1.08. The highest BCUT2D eigenvalue weighted by atomic mass is 32.2. The van der Waals surface area contributed by atoms with E-state index in [9.17, 15) is 8.42 Å². The molecule has 1 aliphatic heterocycles. The lowest BCUT2D eigenvalue weighted by atomic mass is 10.2. The van der Waals surface area contributed by atoms with Crippen LogP contribution >= 0.6 is 0 Å². The Morgan fingerprint density at radius 2 is 1.85 bits per heavy atom. The molecule has 0 saturated carbocycles. The summed E-state index contributed by atoms with van der Waals surface area (Å²) in [5, 5.41) is 8.93. The maximum Gasteiger partial charge on any atom is 0.261 e. The molecule has 1 saturated heterocycles. The van der Waals surface area contributed by atoms with Gasteiger partial charge in [0.1, 0.15) is 0 Å². The number of anilines is 2. The summed E-state index contributed by atoms with van der Waals surface area (Å²) >= 11 is 0. The van der Waals surface area contributed by atoms with Crippen molar-refractivity contribution in [3.05, 3.63) is 54.1 Å². The molecule has 0 aliphatic carbocycles. The zero-order valence-electron chi connectivity index (χ0n) is 14.8. The topological polar surface area (TPSA) is 77.6 Å². The van der Waals surface area contributed by atoms with E-state index in [4.69, 9.17) is 5.26 Å². The maximum atomic E-state index is 12.5. The minimum atomic E-state index is -3.71. The molecule has 0 radical (unpaired) electrons. The maximum absolute atomic E-state index is 12.5. The summed E-state index contributed by atoms with van der Waals surface area (Å²) in [7, 11) is -3.71. The smallest absolute Gasteiger partial charge is 0.261 e. The van der Waals surface area contributed by atoms with E-state index < -0.39 is 10.0 Å². The van der Waals surface area contributed by atoms with Gasteiger partial charge in [0.25, 0.3) is 10.0 Å². The van der Waals surface area contributed by atoms with Crippen LogP contribution in [0.3, 0.4) is 0 Å². The molecule has 2 aromatic carbocycles. The van der Waals surface area contributed by atoms with E-state index in [0.29, 0.717) is 11.3 Å². The van der Waals surface area contributed by atoms with Gasteiger partial charge in [0.2, 0.25) is 0 Å². The zero-order valence-corrected chi connectivity index (χ0v) is 15.6. The third-order valence-electron chi connectivity index (χ3n) is 4.73. The van der Waals surface area contributed by atoms with Crippen molar-refractivity contribution < 1.29 is 13.3 Å². The highest BCUT2D eigenvalue weighted by Crippen LogP contribution is 2.21. The van der Waals surface area contributed by atoms with Crippen LogP contribution < -0.4 is 14.5 Å². The molecule has 26 heavy (non-hydrogen) atoms. The van der Waals surface area contributed by atoms with Gasteiger partial charge in [-0.1, -0.05) is 6.07 Å². The summed E-state index contributed by atoms with van der Waals surface area (Å²) in [6.07, 6.45) is 0. The van der Waals surface area contributed by atoms with Crippen molar-refractivity contribution in [2.24, 2.45) is 0 Å². The minimum Gasteiger partial charge on any atom is -0.360 e. The molecule has 2 aromatic rings. The molecule has 136 valence electrons. The van der Waals surface area contributed by atoms with Crippen molar-refractivity contribution >= 4 is 21.4 Å². The van der Waals surface area contributed by atoms with Crippen LogP contribution in [-0.4, -0.2) is 41.1 Å². The van der Waals surface area contributed by atoms with Gasteiger partial charge in [-0.2, -0.15) is 5.26 Å². The Bertz CT molecular complexity index is 896. The molecule has 0 aromatic heterocycles. The first-order chi connectivity index (χ1) is 12.5. The highest BCUT2D eigenvalue weighted by molar-refractivity contribution is 7.92. The first kappa shape index (κ1) is 18.2. The molecule has 0 bridgehead atoms. The summed E-state index contributed by atoms with van der Waals surface area (Å²) in [4.78, 5) is 4.03. The summed E-state index contributed by atoms with van der Waals surface area (Å²) in [5.74, 6) is 0. The van der Waals surface area contributed by atoms with Crippen LogP contribution in [0.15, 0.2) is 53.4 Å². The van der Waals surface area contributed by atoms with Gasteiger partial charge in [0, 0.05) is 11.4 Å². The van der Waals surface area contributed by atoms with Crippen LogP contribution in [0.4, 0.5) is 11.4 Å². The van der Waals surface area contributed by atoms with Gasteiger partial charge in [0.15, 0.2) is 0 Å². The average molecular weight is 371 g/mol. The molecule has 1 fully saturated rings. The molecule has 0 unspecified atom stereocenters. The van der Waals surface area contributed by atoms with Gasteiger partial charge < -0.3 is 9.80 Å². The number of likely N-dealkylation sites (N-methyl/N-ethyl adjacent to an activating group) is 1. The van der Waals surface area contributed by atoms with Crippen molar-refractivity contribution in [1.82, 2.24) is 0 Å². The number of quaternary nitrogens is 1. The molecular formula is C19H23N4O2S+. The second-order valence-corrected chi connectivity index (χ2v) is 8.07. The number of piperazine rings is 1. The van der Waals surface area contributed by atoms with Gasteiger partial charge in [-0.3, -0.25) is 4.72 Å². The summed E-state index contributed by atoms with van der Waals surface area (Å²) in [5.41, 5.74) is 1.93. The molecule has 0 amide bonds. The van der Waals surface area contributed by atoms with Gasteiger partial charge in [0.05, 0.1) is 49.3 Å². The van der Waals surface area contributed by atoms with E-state index in [1.54, 1.807) is 29.2 Å². The first-order valence-electron chi connectivity index (χ1n) is 8.73. The first-order valence-corrected chi connectivity index (χ1v) is 10.2. The third-order valence-corrected chi connectivity index (χ3v) is 6.11. The Kier molecular flexibility index (Phi) is 5.45. The number of benzene rings is 2. The van der Waals surface area contributed by atoms with Crippen molar-refractivity contribution in [3.8, 4) is 6.07 Å². The van der Waals surface area contributed by atoms with Gasteiger partial charge in [-0.15, -0.1) is 0 Å². The van der Waals surface area contributed by atoms with Gasteiger partial charge in [-0.05, 0) is 49.4 Å². The summed E-state index contributed by atoms with van der Waals surface area (Å²) in [6.45, 7) is 7.63. The lowest BCUT2D eigenvalue weighted by Crippen LogP contribution is -3.14. The Balaban J connectivity index is 1.70. The Morgan fingerprint density at radius 3 is 2.46 bits per heavy atom. The number of nitriles is 1. The molecule has 1 aliphatic rings. The average Bonchev–Trinajstić information content (AvgIpc) is 2.68. The lowest BCUT2D eigenvalue weighted by Gasteiger charge is -2.33. The molecule has 1 heterocycles. The fourth-order valence-electron chi connectivity index (χ4n) is 3.12. The van der Waals surface area contributed by atoms with Crippen LogP contribution in [0, 0.1) is 11.3 Å². The van der Waals surface area contributed by atoms with Crippen LogP contribution in [0.25, 0.3) is 0 Å². The number of rotatable bonds is 5. The summed E-state index contributed by atoms with van der Waals surface area (Å²) in [6, 6.07) is 15.4. The predicted molar refractivity (Wildman–Crippen MR) is 102 cm³/mol. The molecule has 2 N–H and O–H groups in total. The molecular weight excluding hydrogens is 348 g/mol. The van der Waals surface area contributed by atoms with E-state index >= 15 is 0 Å². The summed E-state index contributed by atoms with van der Waals surface area (Å²) < 4.78 is 27.6. The monoisotopic (exact) mass is 371 g/mol.